The predicted molar refractivity (Wildman–Crippen MR) is 124 cm³/mol. The van der Waals surface area contributed by atoms with Crippen molar-refractivity contribution < 1.29 is 14.3 Å². The molecule has 7 heteroatoms. The molecule has 162 valence electrons. The lowest BCUT2D eigenvalue weighted by Gasteiger charge is -2.38. The topological polar surface area (TPSA) is 46.6 Å². The first-order valence-corrected chi connectivity index (χ1v) is 11.2. The second-order valence-electron chi connectivity index (χ2n) is 8.17. The van der Waals surface area contributed by atoms with Crippen molar-refractivity contribution in [3.05, 3.63) is 48.6 Å². The second-order valence-corrected chi connectivity index (χ2v) is 11.1. The van der Waals surface area contributed by atoms with Gasteiger partial charge in [0.2, 0.25) is 5.12 Å². The third-order valence-corrected chi connectivity index (χ3v) is 6.20. The smallest absolute Gasteiger partial charge is 0.410 e. The number of carbonyl (C=O) groups is 2. The maximum absolute atomic E-state index is 13.0. The molecule has 0 bridgehead atoms. The van der Waals surface area contributed by atoms with E-state index < -0.39 is 28.0 Å². The zero-order chi connectivity index (χ0) is 22.4. The molecule has 0 aliphatic heterocycles. The van der Waals surface area contributed by atoms with Crippen molar-refractivity contribution in [2.45, 2.75) is 69.3 Å². The van der Waals surface area contributed by atoms with E-state index in [0.717, 1.165) is 17.3 Å². The van der Waals surface area contributed by atoms with Crippen LogP contribution in [0.3, 0.4) is 0 Å². The summed E-state index contributed by atoms with van der Waals surface area (Å²) in [6.45, 7) is 15.1. The molecule has 0 radical (unpaired) electrons. The molecule has 0 fully saturated rings. The van der Waals surface area contributed by atoms with Gasteiger partial charge in [0.15, 0.2) is 4.33 Å². The van der Waals surface area contributed by atoms with Gasteiger partial charge in [-0.15, -0.1) is 6.58 Å². The summed E-state index contributed by atoms with van der Waals surface area (Å²) >= 11 is 14.1. The fourth-order valence-corrected chi connectivity index (χ4v) is 4.28. The summed E-state index contributed by atoms with van der Waals surface area (Å²) in [6, 6.07) is 9.00. The Kier molecular flexibility index (Phi) is 9.58. The van der Waals surface area contributed by atoms with Crippen LogP contribution < -0.4 is 0 Å². The molecule has 0 saturated heterocycles. The summed E-state index contributed by atoms with van der Waals surface area (Å²) in [4.78, 5) is 27.2. The largest absolute Gasteiger partial charge is 0.444 e. The van der Waals surface area contributed by atoms with Gasteiger partial charge in [0, 0.05) is 23.8 Å². The SMILES string of the molecule is C=C[C@@H]([C@H](C)N(Cc1ccccc1)C(=O)OC(C)(C)C)C(Cl)(Cl)C(=O)SC(C)C. The van der Waals surface area contributed by atoms with E-state index in [1.165, 1.54) is 6.08 Å². The lowest BCUT2D eigenvalue weighted by atomic mass is 9.95. The van der Waals surface area contributed by atoms with Crippen molar-refractivity contribution in [3.63, 3.8) is 0 Å². The van der Waals surface area contributed by atoms with Gasteiger partial charge in [0.05, 0.1) is 0 Å². The van der Waals surface area contributed by atoms with Crippen LogP contribution in [0.1, 0.15) is 47.1 Å². The zero-order valence-electron chi connectivity index (χ0n) is 17.9. The summed E-state index contributed by atoms with van der Waals surface area (Å²) in [5.41, 5.74) is 0.253. The minimum Gasteiger partial charge on any atom is -0.444 e. The first-order chi connectivity index (χ1) is 13.3. The van der Waals surface area contributed by atoms with Gasteiger partial charge < -0.3 is 9.64 Å². The summed E-state index contributed by atoms with van der Waals surface area (Å²) < 4.78 is 3.87. The third-order valence-electron chi connectivity index (χ3n) is 4.12. The Labute approximate surface area is 189 Å². The molecule has 0 unspecified atom stereocenters. The molecule has 2 atom stereocenters. The van der Waals surface area contributed by atoms with Crippen LogP contribution in [-0.4, -0.2) is 37.3 Å². The number of hydrogen-bond acceptors (Lipinski definition) is 4. The Balaban J connectivity index is 3.24. The summed E-state index contributed by atoms with van der Waals surface area (Å²) in [6.07, 6.45) is 1.03. The van der Waals surface area contributed by atoms with Crippen LogP contribution in [0.4, 0.5) is 4.79 Å². The average molecular weight is 460 g/mol. The van der Waals surface area contributed by atoms with Gasteiger partial charge in [-0.05, 0) is 33.3 Å². The lowest BCUT2D eigenvalue weighted by Crippen LogP contribution is -2.50. The average Bonchev–Trinajstić information content (AvgIpc) is 2.58. The minimum absolute atomic E-state index is 0.0337. The molecule has 0 aliphatic rings. The molecule has 0 aromatic heterocycles. The van der Waals surface area contributed by atoms with Gasteiger partial charge in [-0.25, -0.2) is 4.79 Å². The van der Waals surface area contributed by atoms with Gasteiger partial charge >= 0.3 is 6.09 Å². The van der Waals surface area contributed by atoms with Crippen molar-refractivity contribution in [1.29, 1.82) is 0 Å². The normalized spacial score (nSPS) is 14.2. The number of halogens is 2. The molecule has 0 N–H and O–H groups in total. The number of thioether (sulfide) groups is 1. The van der Waals surface area contributed by atoms with Gasteiger partial charge in [-0.2, -0.15) is 0 Å². The predicted octanol–water partition coefficient (Wildman–Crippen LogP) is 6.46. The molecule has 1 amide bonds. The Morgan fingerprint density at radius 3 is 2.17 bits per heavy atom. The second kappa shape index (κ2) is 10.7. The van der Waals surface area contributed by atoms with E-state index in [1.54, 1.807) is 32.6 Å². The maximum atomic E-state index is 13.0. The molecular weight excluding hydrogens is 429 g/mol. The van der Waals surface area contributed by atoms with E-state index >= 15 is 0 Å². The standard InChI is InChI=1S/C22H31Cl2NO3S/c1-8-18(22(23,24)19(26)29-15(2)3)16(4)25(20(27)28-21(5,6)7)14-17-12-10-9-11-13-17/h8-13,15-16,18H,1,14H2,2-7H3/t16-,18-/m0/s1. The Morgan fingerprint density at radius 2 is 1.72 bits per heavy atom. The van der Waals surface area contributed by atoms with Crippen LogP contribution in [0.25, 0.3) is 0 Å². The van der Waals surface area contributed by atoms with Gasteiger partial charge in [-0.1, -0.05) is 85.2 Å². The van der Waals surface area contributed by atoms with Crippen molar-refractivity contribution in [2.24, 2.45) is 5.92 Å². The monoisotopic (exact) mass is 459 g/mol. The molecule has 1 aromatic carbocycles. The van der Waals surface area contributed by atoms with Crippen molar-refractivity contribution in [2.75, 3.05) is 0 Å². The van der Waals surface area contributed by atoms with Gasteiger partial charge in [0.25, 0.3) is 0 Å². The summed E-state index contributed by atoms with van der Waals surface area (Å²) in [5, 5.41) is -0.331. The maximum Gasteiger partial charge on any atom is 0.410 e. The van der Waals surface area contributed by atoms with E-state index in [2.05, 4.69) is 6.58 Å². The summed E-state index contributed by atoms with van der Waals surface area (Å²) in [5.74, 6) is -0.694. The number of amides is 1. The van der Waals surface area contributed by atoms with Crippen LogP contribution >= 0.6 is 35.0 Å². The summed E-state index contributed by atoms with van der Waals surface area (Å²) in [7, 11) is 0. The van der Waals surface area contributed by atoms with Crippen molar-refractivity contribution in [1.82, 2.24) is 4.90 Å². The van der Waals surface area contributed by atoms with Crippen LogP contribution in [0, 0.1) is 5.92 Å². The number of ether oxygens (including phenoxy) is 1. The lowest BCUT2D eigenvalue weighted by molar-refractivity contribution is -0.112. The number of benzene rings is 1. The molecule has 1 rings (SSSR count). The molecule has 0 aliphatic carbocycles. The highest BCUT2D eigenvalue weighted by Crippen LogP contribution is 2.40. The van der Waals surface area contributed by atoms with Crippen molar-refractivity contribution in [3.8, 4) is 0 Å². The molecule has 4 nitrogen and oxygen atoms in total. The Morgan fingerprint density at radius 1 is 1.17 bits per heavy atom. The molecule has 0 saturated carbocycles. The van der Waals surface area contributed by atoms with Crippen LogP contribution in [-0.2, 0) is 16.1 Å². The molecule has 0 heterocycles. The number of alkyl halides is 2. The van der Waals surface area contributed by atoms with Crippen LogP contribution in [0.15, 0.2) is 43.0 Å². The number of hydrogen-bond donors (Lipinski definition) is 0. The Bertz CT molecular complexity index is 702. The Hall–Kier alpha value is -1.17. The third kappa shape index (κ3) is 7.88. The molecule has 29 heavy (non-hydrogen) atoms. The first kappa shape index (κ1) is 25.9. The van der Waals surface area contributed by atoms with Crippen LogP contribution in [0.2, 0.25) is 0 Å². The quantitative estimate of drug-likeness (QED) is 0.330. The van der Waals surface area contributed by atoms with E-state index in [-0.39, 0.29) is 16.9 Å². The van der Waals surface area contributed by atoms with Gasteiger partial charge in [0.1, 0.15) is 5.60 Å². The molecular formula is C22H31Cl2NO3S. The zero-order valence-corrected chi connectivity index (χ0v) is 20.3. The number of nitrogens with zero attached hydrogens (tertiary/aromatic N) is 1. The molecule has 1 aromatic rings. The van der Waals surface area contributed by atoms with E-state index in [1.807, 2.05) is 44.2 Å². The first-order valence-electron chi connectivity index (χ1n) is 9.54. The highest BCUT2D eigenvalue weighted by atomic mass is 35.5. The highest BCUT2D eigenvalue weighted by molar-refractivity contribution is 8.14. The number of rotatable bonds is 8. The van der Waals surface area contributed by atoms with E-state index in [4.69, 9.17) is 27.9 Å². The fourth-order valence-electron chi connectivity index (χ4n) is 2.75. The van der Waals surface area contributed by atoms with E-state index in [9.17, 15) is 9.59 Å². The van der Waals surface area contributed by atoms with E-state index in [0.29, 0.717) is 0 Å². The van der Waals surface area contributed by atoms with Gasteiger partial charge in [-0.3, -0.25) is 4.79 Å². The highest BCUT2D eigenvalue weighted by Gasteiger charge is 2.46. The minimum atomic E-state index is -1.73. The van der Waals surface area contributed by atoms with Crippen LogP contribution in [0.5, 0.6) is 0 Å². The number of carbonyl (C=O) groups excluding carboxylic acids is 2. The fraction of sp³-hybridized carbons (Fsp3) is 0.545. The molecule has 0 spiro atoms. The van der Waals surface area contributed by atoms with Crippen molar-refractivity contribution >= 4 is 46.2 Å².